The van der Waals surface area contributed by atoms with Crippen LogP contribution in [0.15, 0.2) is 0 Å². The number of sulfonamides is 1. The number of amides is 1. The largest absolute Gasteiger partial charge is 0.274 e. The molecule has 114 valence electrons. The van der Waals surface area contributed by atoms with Gasteiger partial charge in [0, 0.05) is 6.42 Å². The van der Waals surface area contributed by atoms with E-state index in [1.54, 1.807) is 0 Å². The quantitative estimate of drug-likeness (QED) is 0.663. The number of carbonyl (C=O) groups is 1. The van der Waals surface area contributed by atoms with Crippen LogP contribution in [0.5, 0.6) is 0 Å². The van der Waals surface area contributed by atoms with Gasteiger partial charge in [0.05, 0.1) is 5.75 Å². The second-order valence-electron chi connectivity index (χ2n) is 6.32. The summed E-state index contributed by atoms with van der Waals surface area (Å²) in [6.45, 7) is 8.09. The Morgan fingerprint density at radius 1 is 1.05 bits per heavy atom. The Morgan fingerprint density at radius 3 is 2.16 bits per heavy atom. The average Bonchev–Trinajstić information content (AvgIpc) is 2.25. The predicted octanol–water partition coefficient (Wildman–Crippen LogP) is 3.23. The van der Waals surface area contributed by atoms with E-state index in [4.69, 9.17) is 0 Å². The van der Waals surface area contributed by atoms with Gasteiger partial charge in [-0.25, -0.2) is 8.42 Å². The Morgan fingerprint density at radius 2 is 1.63 bits per heavy atom. The maximum Gasteiger partial charge on any atom is 0.234 e. The zero-order chi connectivity index (χ0) is 14.9. The molecule has 0 aromatic carbocycles. The van der Waals surface area contributed by atoms with Gasteiger partial charge in [0.25, 0.3) is 0 Å². The summed E-state index contributed by atoms with van der Waals surface area (Å²) < 4.78 is 25.5. The van der Waals surface area contributed by atoms with Crippen molar-refractivity contribution in [3.63, 3.8) is 0 Å². The molecule has 0 aliphatic rings. The van der Waals surface area contributed by atoms with Crippen molar-refractivity contribution in [3.05, 3.63) is 0 Å². The average molecular weight is 291 g/mol. The van der Waals surface area contributed by atoms with Gasteiger partial charge in [-0.1, -0.05) is 53.4 Å². The summed E-state index contributed by atoms with van der Waals surface area (Å²) in [6, 6.07) is 0. The van der Waals surface area contributed by atoms with E-state index < -0.39 is 10.0 Å². The zero-order valence-corrected chi connectivity index (χ0v) is 13.6. The molecule has 0 spiro atoms. The fourth-order valence-electron chi connectivity index (χ4n) is 1.61. The Kier molecular flexibility index (Phi) is 8.30. The third-order valence-electron chi connectivity index (χ3n) is 2.90. The van der Waals surface area contributed by atoms with Crippen molar-refractivity contribution in [1.29, 1.82) is 0 Å². The molecule has 0 aliphatic carbocycles. The van der Waals surface area contributed by atoms with E-state index in [1.807, 2.05) is 20.8 Å². The highest BCUT2D eigenvalue weighted by molar-refractivity contribution is 7.90. The highest BCUT2D eigenvalue weighted by Crippen LogP contribution is 2.18. The van der Waals surface area contributed by atoms with Gasteiger partial charge in [0.1, 0.15) is 0 Å². The molecule has 1 N–H and O–H groups in total. The number of carbonyl (C=O) groups excluding carboxylic acids is 1. The molecule has 0 aromatic rings. The van der Waals surface area contributed by atoms with Gasteiger partial charge in [0.2, 0.25) is 15.9 Å². The van der Waals surface area contributed by atoms with Gasteiger partial charge in [-0.15, -0.1) is 0 Å². The van der Waals surface area contributed by atoms with Crippen LogP contribution in [-0.2, 0) is 14.8 Å². The third kappa shape index (κ3) is 12.2. The van der Waals surface area contributed by atoms with E-state index in [1.165, 1.54) is 6.42 Å². The minimum Gasteiger partial charge on any atom is -0.274 e. The SMILES string of the molecule is CCCCCCCC(=O)NS(=O)(=O)CCC(C)(C)C. The normalized spacial score (nSPS) is 12.4. The minimum absolute atomic E-state index is 0.0120. The summed E-state index contributed by atoms with van der Waals surface area (Å²) in [5.74, 6) is -0.358. The molecule has 1 amide bonds. The van der Waals surface area contributed by atoms with Crippen LogP contribution in [0.2, 0.25) is 0 Å². The van der Waals surface area contributed by atoms with E-state index >= 15 is 0 Å². The molecule has 19 heavy (non-hydrogen) atoms. The zero-order valence-electron chi connectivity index (χ0n) is 12.8. The van der Waals surface area contributed by atoms with Crippen LogP contribution < -0.4 is 4.72 Å². The van der Waals surface area contributed by atoms with Crippen LogP contribution in [0, 0.1) is 5.41 Å². The maximum atomic E-state index is 11.7. The van der Waals surface area contributed by atoms with Crippen LogP contribution >= 0.6 is 0 Å². The van der Waals surface area contributed by atoms with Gasteiger partial charge in [-0.05, 0) is 18.3 Å². The first-order chi connectivity index (χ1) is 8.66. The summed E-state index contributed by atoms with van der Waals surface area (Å²) >= 11 is 0. The van der Waals surface area contributed by atoms with Crippen LogP contribution in [0.25, 0.3) is 0 Å². The summed E-state index contributed by atoms with van der Waals surface area (Å²) in [6.07, 6.45) is 6.05. The monoisotopic (exact) mass is 291 g/mol. The molecule has 0 rings (SSSR count). The molecule has 0 aromatic heterocycles. The molecule has 0 unspecified atom stereocenters. The topological polar surface area (TPSA) is 63.2 Å². The number of unbranched alkanes of at least 4 members (excludes halogenated alkanes) is 4. The maximum absolute atomic E-state index is 11.7. The van der Waals surface area contributed by atoms with Gasteiger partial charge in [-0.2, -0.15) is 0 Å². The number of hydrogen-bond acceptors (Lipinski definition) is 3. The Balaban J connectivity index is 3.90. The van der Waals surface area contributed by atoms with Gasteiger partial charge in [-0.3, -0.25) is 9.52 Å². The fraction of sp³-hybridized carbons (Fsp3) is 0.929. The lowest BCUT2D eigenvalue weighted by molar-refractivity contribution is -0.119. The minimum atomic E-state index is -3.46. The van der Waals surface area contributed by atoms with Crippen molar-refractivity contribution in [3.8, 4) is 0 Å². The molecular weight excluding hydrogens is 262 g/mol. The highest BCUT2D eigenvalue weighted by atomic mass is 32.2. The Bertz CT molecular complexity index is 355. The summed E-state index contributed by atoms with van der Waals surface area (Å²) in [7, 11) is -3.46. The second kappa shape index (κ2) is 8.56. The van der Waals surface area contributed by atoms with Crippen molar-refractivity contribution >= 4 is 15.9 Å². The van der Waals surface area contributed by atoms with Gasteiger partial charge >= 0.3 is 0 Å². The molecule has 0 bridgehead atoms. The molecule has 0 aliphatic heterocycles. The molecule has 0 saturated heterocycles. The molecule has 0 radical (unpaired) electrons. The molecular formula is C14H29NO3S. The number of nitrogens with one attached hydrogen (secondary N) is 1. The van der Waals surface area contributed by atoms with Crippen LogP contribution in [-0.4, -0.2) is 20.1 Å². The lowest BCUT2D eigenvalue weighted by atomic mass is 9.94. The van der Waals surface area contributed by atoms with Crippen LogP contribution in [0.3, 0.4) is 0 Å². The first kappa shape index (κ1) is 18.4. The lowest BCUT2D eigenvalue weighted by Gasteiger charge is -2.17. The summed E-state index contributed by atoms with van der Waals surface area (Å²) in [5.41, 5.74) is -0.0437. The molecule has 0 fully saturated rings. The van der Waals surface area contributed by atoms with E-state index in [9.17, 15) is 13.2 Å². The smallest absolute Gasteiger partial charge is 0.234 e. The number of hydrogen-bond donors (Lipinski definition) is 1. The van der Waals surface area contributed by atoms with E-state index in [0.717, 1.165) is 25.7 Å². The Labute approximate surface area is 118 Å². The molecule has 4 nitrogen and oxygen atoms in total. The summed E-state index contributed by atoms with van der Waals surface area (Å²) in [4.78, 5) is 11.5. The summed E-state index contributed by atoms with van der Waals surface area (Å²) in [5, 5.41) is 0. The van der Waals surface area contributed by atoms with Gasteiger partial charge < -0.3 is 0 Å². The Hall–Kier alpha value is -0.580. The predicted molar refractivity (Wildman–Crippen MR) is 79.4 cm³/mol. The van der Waals surface area contributed by atoms with Crippen LogP contribution in [0.4, 0.5) is 0 Å². The van der Waals surface area contributed by atoms with E-state index in [2.05, 4.69) is 11.6 Å². The van der Waals surface area contributed by atoms with Crippen molar-refractivity contribution in [2.75, 3.05) is 5.75 Å². The fourth-order valence-corrected chi connectivity index (χ4v) is 3.04. The third-order valence-corrected chi connectivity index (χ3v) is 4.18. The first-order valence-electron chi connectivity index (χ1n) is 7.19. The molecule has 5 heteroatoms. The van der Waals surface area contributed by atoms with Crippen molar-refractivity contribution in [2.45, 2.75) is 72.6 Å². The van der Waals surface area contributed by atoms with Crippen LogP contribution in [0.1, 0.15) is 72.6 Å². The lowest BCUT2D eigenvalue weighted by Crippen LogP contribution is -2.33. The van der Waals surface area contributed by atoms with Crippen molar-refractivity contribution in [2.24, 2.45) is 5.41 Å². The molecule has 0 atom stereocenters. The number of rotatable bonds is 9. The van der Waals surface area contributed by atoms with Crippen molar-refractivity contribution < 1.29 is 13.2 Å². The molecule has 0 heterocycles. The van der Waals surface area contributed by atoms with E-state index in [0.29, 0.717) is 12.8 Å². The molecule has 0 saturated carbocycles. The second-order valence-corrected chi connectivity index (χ2v) is 8.16. The standard InChI is InChI=1S/C14H29NO3S/c1-5-6-7-8-9-10-13(16)15-19(17,18)12-11-14(2,3)4/h5-12H2,1-4H3,(H,15,16). The highest BCUT2D eigenvalue weighted by Gasteiger charge is 2.19. The first-order valence-corrected chi connectivity index (χ1v) is 8.85. The van der Waals surface area contributed by atoms with Crippen molar-refractivity contribution in [1.82, 2.24) is 4.72 Å². The van der Waals surface area contributed by atoms with E-state index in [-0.39, 0.29) is 17.1 Å². The van der Waals surface area contributed by atoms with Gasteiger partial charge in [0.15, 0.2) is 0 Å².